The molecule has 0 N–H and O–H groups in total. The fourth-order valence-corrected chi connectivity index (χ4v) is 5.23. The molecule has 1 fully saturated rings. The number of ether oxygens (including phenoxy) is 2. The molecule has 0 amide bonds. The Labute approximate surface area is 175 Å². The average Bonchev–Trinajstić information content (AvgIpc) is 3.13. The van der Waals surface area contributed by atoms with Crippen LogP contribution in [0.2, 0.25) is 0 Å². The molecule has 30 heavy (non-hydrogen) atoms. The summed E-state index contributed by atoms with van der Waals surface area (Å²) >= 11 is 0. The van der Waals surface area contributed by atoms with Gasteiger partial charge >= 0.3 is 11.7 Å². The molecule has 0 spiro atoms. The van der Waals surface area contributed by atoms with Gasteiger partial charge in [0.05, 0.1) is 6.10 Å². The number of hydrogen-bond donors (Lipinski definition) is 0. The standard InChI is InChI=1S/C18H21O3S.CHF3O3S/c1-13(2)20-18(19)21-15-9-8-14-6-5-7-17(16(14)12-15)22-10-3-4-11-22;2-1(3,4)8(5,6)7/h5-9,12-13H,3-4,10-11H2,1-2H3;(H,5,6,7)/q+1;/p-1. The number of benzene rings is 2. The lowest BCUT2D eigenvalue weighted by Gasteiger charge is -2.10. The van der Waals surface area contributed by atoms with Crippen molar-refractivity contribution in [3.05, 3.63) is 36.4 Å². The molecule has 0 aliphatic carbocycles. The molecule has 1 heterocycles. The van der Waals surface area contributed by atoms with Crippen LogP contribution in [0, 0.1) is 0 Å². The van der Waals surface area contributed by atoms with Crippen molar-refractivity contribution >= 4 is 37.9 Å². The maximum atomic E-state index is 11.7. The molecule has 0 atom stereocenters. The Morgan fingerprint density at radius 1 is 1.13 bits per heavy atom. The fraction of sp³-hybridized carbons (Fsp3) is 0.421. The molecular formula is C19H21F3O6S2. The summed E-state index contributed by atoms with van der Waals surface area (Å²) in [5.74, 6) is 3.10. The summed E-state index contributed by atoms with van der Waals surface area (Å²) in [7, 11) is -5.76. The molecule has 2 aromatic carbocycles. The minimum atomic E-state index is -6.09. The molecule has 166 valence electrons. The van der Waals surface area contributed by atoms with Crippen molar-refractivity contribution in [2.24, 2.45) is 0 Å². The van der Waals surface area contributed by atoms with E-state index in [0.717, 1.165) is 0 Å². The van der Waals surface area contributed by atoms with Gasteiger partial charge in [-0.05, 0) is 50.3 Å². The van der Waals surface area contributed by atoms with Crippen LogP contribution in [0.4, 0.5) is 18.0 Å². The highest BCUT2D eigenvalue weighted by Crippen LogP contribution is 2.32. The summed E-state index contributed by atoms with van der Waals surface area (Å²) in [5.41, 5.74) is -5.65. The summed E-state index contributed by atoms with van der Waals surface area (Å²) in [6.45, 7) is 3.61. The topological polar surface area (TPSA) is 92.7 Å². The van der Waals surface area contributed by atoms with Gasteiger partial charge in [0.15, 0.2) is 15.0 Å². The van der Waals surface area contributed by atoms with Crippen molar-refractivity contribution in [2.75, 3.05) is 11.5 Å². The van der Waals surface area contributed by atoms with Gasteiger partial charge in [-0.25, -0.2) is 13.2 Å². The predicted octanol–water partition coefficient (Wildman–Crippen LogP) is 4.59. The van der Waals surface area contributed by atoms with Crippen LogP contribution in [0.5, 0.6) is 5.75 Å². The van der Waals surface area contributed by atoms with Crippen LogP contribution in [0.3, 0.4) is 0 Å². The number of carbonyl (C=O) groups excluding carboxylic acids is 1. The molecule has 6 nitrogen and oxygen atoms in total. The van der Waals surface area contributed by atoms with Crippen molar-refractivity contribution in [2.45, 2.75) is 43.2 Å². The SMILES string of the molecule is CC(C)OC(=O)Oc1ccc2cccc([S+]3CCCC3)c2c1.O=S(=O)([O-])C(F)(F)F. The van der Waals surface area contributed by atoms with Gasteiger partial charge in [-0.3, -0.25) is 0 Å². The summed E-state index contributed by atoms with van der Waals surface area (Å²) in [6.07, 6.45) is 1.81. The summed E-state index contributed by atoms with van der Waals surface area (Å²) in [5, 5.41) is 2.39. The lowest BCUT2D eigenvalue weighted by Crippen LogP contribution is -2.21. The molecule has 1 aliphatic rings. The van der Waals surface area contributed by atoms with Gasteiger partial charge in [0.2, 0.25) is 0 Å². The molecule has 11 heteroatoms. The van der Waals surface area contributed by atoms with Crippen LogP contribution in [0.1, 0.15) is 26.7 Å². The van der Waals surface area contributed by atoms with E-state index in [1.807, 2.05) is 18.2 Å². The quantitative estimate of drug-likeness (QED) is 0.216. The zero-order chi connectivity index (χ0) is 22.5. The van der Waals surface area contributed by atoms with E-state index in [-0.39, 0.29) is 6.10 Å². The fourth-order valence-electron chi connectivity index (χ4n) is 2.73. The Morgan fingerprint density at radius 2 is 1.73 bits per heavy atom. The average molecular weight is 466 g/mol. The molecule has 0 bridgehead atoms. The van der Waals surface area contributed by atoms with E-state index < -0.39 is 21.8 Å². The number of fused-ring (bicyclic) bond motifs is 1. The first-order valence-corrected chi connectivity index (χ1v) is 12.0. The van der Waals surface area contributed by atoms with Gasteiger partial charge in [0.1, 0.15) is 17.3 Å². The van der Waals surface area contributed by atoms with Gasteiger partial charge in [0.25, 0.3) is 0 Å². The first kappa shape index (κ1) is 24.3. The van der Waals surface area contributed by atoms with E-state index in [4.69, 9.17) is 22.4 Å². The predicted molar refractivity (Wildman–Crippen MR) is 107 cm³/mol. The Balaban J connectivity index is 0.000000343. The molecule has 0 saturated carbocycles. The maximum Gasteiger partial charge on any atom is 0.514 e. The third kappa shape index (κ3) is 6.78. The summed E-state index contributed by atoms with van der Waals surface area (Å²) in [4.78, 5) is 13.1. The Bertz CT molecular complexity index is 983. The molecule has 1 aliphatic heterocycles. The highest BCUT2D eigenvalue weighted by atomic mass is 32.2. The molecular weight excluding hydrogens is 445 g/mol. The van der Waals surface area contributed by atoms with Crippen LogP contribution in [-0.2, 0) is 25.7 Å². The number of carbonyl (C=O) groups is 1. The smallest absolute Gasteiger partial charge is 0.514 e. The van der Waals surface area contributed by atoms with Crippen LogP contribution in [0.15, 0.2) is 41.3 Å². The van der Waals surface area contributed by atoms with E-state index >= 15 is 0 Å². The molecule has 2 aromatic rings. The first-order valence-electron chi connectivity index (χ1n) is 8.99. The van der Waals surface area contributed by atoms with Crippen molar-refractivity contribution in [1.29, 1.82) is 0 Å². The van der Waals surface area contributed by atoms with Crippen molar-refractivity contribution in [1.82, 2.24) is 0 Å². The van der Waals surface area contributed by atoms with Crippen LogP contribution >= 0.6 is 0 Å². The van der Waals surface area contributed by atoms with Crippen molar-refractivity contribution in [3.63, 3.8) is 0 Å². The number of halogens is 3. The van der Waals surface area contributed by atoms with Crippen LogP contribution < -0.4 is 4.74 Å². The van der Waals surface area contributed by atoms with Crippen LogP contribution in [-0.4, -0.2) is 42.2 Å². The lowest BCUT2D eigenvalue weighted by atomic mass is 10.1. The normalized spacial score (nSPS) is 15.0. The van der Waals surface area contributed by atoms with E-state index in [2.05, 4.69) is 18.2 Å². The number of hydrogen-bond acceptors (Lipinski definition) is 6. The van der Waals surface area contributed by atoms with Gasteiger partial charge in [-0.2, -0.15) is 13.2 Å². The second-order valence-corrected chi connectivity index (χ2v) is 10.3. The summed E-state index contributed by atoms with van der Waals surface area (Å²) in [6, 6.07) is 12.2. The third-order valence-electron chi connectivity index (χ3n) is 3.97. The number of rotatable bonds is 3. The second kappa shape index (κ2) is 9.88. The third-order valence-corrected chi connectivity index (χ3v) is 7.08. The molecule has 0 unspecified atom stereocenters. The Kier molecular flexibility index (Phi) is 8.00. The van der Waals surface area contributed by atoms with Gasteiger partial charge in [-0.15, -0.1) is 0 Å². The zero-order valence-corrected chi connectivity index (χ0v) is 17.9. The highest BCUT2D eigenvalue weighted by Gasteiger charge is 2.37. The maximum absolute atomic E-state index is 11.7. The molecule has 1 saturated heterocycles. The molecule has 0 radical (unpaired) electrons. The van der Waals surface area contributed by atoms with Gasteiger partial charge in [0, 0.05) is 16.3 Å². The Hall–Kier alpha value is -1.98. The van der Waals surface area contributed by atoms with E-state index in [0.29, 0.717) is 16.6 Å². The molecule has 3 rings (SSSR count). The highest BCUT2D eigenvalue weighted by molar-refractivity contribution is 7.97. The minimum absolute atomic E-state index is 0.177. The largest absolute Gasteiger partial charge is 0.741 e. The lowest BCUT2D eigenvalue weighted by molar-refractivity contribution is -0.0517. The summed E-state index contributed by atoms with van der Waals surface area (Å²) < 4.78 is 69.2. The van der Waals surface area contributed by atoms with Crippen molar-refractivity contribution < 1.29 is 40.4 Å². The number of alkyl halides is 3. The van der Waals surface area contributed by atoms with Crippen LogP contribution in [0.25, 0.3) is 10.8 Å². The molecule has 0 aromatic heterocycles. The van der Waals surface area contributed by atoms with E-state index in [9.17, 15) is 18.0 Å². The monoisotopic (exact) mass is 466 g/mol. The van der Waals surface area contributed by atoms with Gasteiger partial charge < -0.3 is 14.0 Å². The van der Waals surface area contributed by atoms with E-state index in [1.165, 1.54) is 40.0 Å². The van der Waals surface area contributed by atoms with Gasteiger partial charge in [-0.1, -0.05) is 18.2 Å². The zero-order valence-electron chi connectivity index (χ0n) is 16.3. The second-order valence-electron chi connectivity index (χ2n) is 6.67. The first-order chi connectivity index (χ1) is 13.9. The minimum Gasteiger partial charge on any atom is -0.741 e. The van der Waals surface area contributed by atoms with Crippen molar-refractivity contribution in [3.8, 4) is 5.75 Å². The Morgan fingerprint density at radius 3 is 2.27 bits per heavy atom. The van der Waals surface area contributed by atoms with E-state index in [1.54, 1.807) is 13.8 Å².